The Balaban J connectivity index is 2.23. The molecule has 2 nitrogen and oxygen atoms in total. The van der Waals surface area contributed by atoms with Gasteiger partial charge in [-0.2, -0.15) is 0 Å². The summed E-state index contributed by atoms with van der Waals surface area (Å²) in [4.78, 5) is 0.945. The van der Waals surface area contributed by atoms with Crippen LogP contribution in [0, 0.1) is 17.6 Å². The summed E-state index contributed by atoms with van der Waals surface area (Å²) in [7, 11) is 0. The maximum absolute atomic E-state index is 5.97. The molecule has 0 aromatic heterocycles. The zero-order valence-electron chi connectivity index (χ0n) is 9.86. The Kier molecular flexibility index (Phi) is 3.65. The van der Waals surface area contributed by atoms with Crippen LogP contribution in [0.5, 0.6) is 0 Å². The van der Waals surface area contributed by atoms with E-state index in [4.69, 9.17) is 12.2 Å². The van der Waals surface area contributed by atoms with Gasteiger partial charge in [0.25, 0.3) is 0 Å². The number of hydrogen-bond acceptors (Lipinski definition) is 3. The lowest BCUT2D eigenvalue weighted by molar-refractivity contribution is 0.550. The summed E-state index contributed by atoms with van der Waals surface area (Å²) in [6, 6.07) is 6.02. The van der Waals surface area contributed by atoms with Crippen molar-refractivity contribution >= 4 is 23.1 Å². The molecule has 0 unspecified atom stereocenters. The molecule has 0 radical (unpaired) electrons. The van der Waals surface area contributed by atoms with E-state index in [0.29, 0.717) is 5.92 Å². The van der Waals surface area contributed by atoms with E-state index in [-0.39, 0.29) is 0 Å². The van der Waals surface area contributed by atoms with Crippen molar-refractivity contribution in [1.82, 2.24) is 5.32 Å². The molecule has 2 rings (SSSR count). The smallest absolute Gasteiger partial charge is 0.0468 e. The highest BCUT2D eigenvalue weighted by Crippen LogP contribution is 2.28. The Morgan fingerprint density at radius 2 is 2.35 bits per heavy atom. The van der Waals surface area contributed by atoms with Crippen LogP contribution in [0.25, 0.3) is 5.70 Å². The number of nitrogen functional groups attached to an aromatic ring is 1. The molecule has 0 fully saturated rings. The van der Waals surface area contributed by atoms with Gasteiger partial charge in [0.05, 0.1) is 0 Å². The average molecular weight is 244 g/mol. The van der Waals surface area contributed by atoms with Gasteiger partial charge in [0.2, 0.25) is 0 Å². The third-order valence-electron chi connectivity index (χ3n) is 2.85. The molecule has 1 aromatic carbocycles. The Bertz CT molecular complexity index is 485. The summed E-state index contributed by atoms with van der Waals surface area (Å²) in [6.45, 7) is 3.26. The number of rotatable bonds is 2. The molecule has 1 atom stereocenters. The molecule has 1 aliphatic rings. The van der Waals surface area contributed by atoms with Crippen molar-refractivity contribution in [2.75, 3.05) is 12.3 Å². The molecule has 3 heteroatoms. The monoisotopic (exact) mass is 244 g/mol. The summed E-state index contributed by atoms with van der Waals surface area (Å²) in [5.74, 6) is 0.701. The van der Waals surface area contributed by atoms with Gasteiger partial charge in [-0.05, 0) is 47.0 Å². The molecular weight excluding hydrogens is 228 g/mol. The summed E-state index contributed by atoms with van der Waals surface area (Å²) in [6.07, 6.45) is 8.61. The predicted octanol–water partition coefficient (Wildman–Crippen LogP) is 2.92. The second-order valence-electron chi connectivity index (χ2n) is 4.31. The number of thioether (sulfide) groups is 1. The maximum atomic E-state index is 5.97. The van der Waals surface area contributed by atoms with Gasteiger partial charge in [-0.1, -0.05) is 19.1 Å². The van der Waals surface area contributed by atoms with E-state index in [1.807, 2.05) is 12.1 Å². The van der Waals surface area contributed by atoms with Crippen LogP contribution in [0.4, 0.5) is 5.69 Å². The van der Waals surface area contributed by atoms with Crippen molar-refractivity contribution in [2.24, 2.45) is 5.92 Å². The molecule has 0 amide bonds. The molecule has 3 N–H and O–H groups in total. The molecule has 88 valence electrons. The van der Waals surface area contributed by atoms with Crippen molar-refractivity contribution < 1.29 is 0 Å². The van der Waals surface area contributed by atoms with Gasteiger partial charge in [-0.3, -0.25) is 0 Å². The first kappa shape index (κ1) is 11.9. The van der Waals surface area contributed by atoms with E-state index in [0.717, 1.165) is 29.1 Å². The highest BCUT2D eigenvalue weighted by atomic mass is 32.2. The summed E-state index contributed by atoms with van der Waals surface area (Å²) in [5, 5.41) is 5.96. The van der Waals surface area contributed by atoms with Crippen molar-refractivity contribution in [1.29, 1.82) is 0 Å². The molecule has 17 heavy (non-hydrogen) atoms. The van der Waals surface area contributed by atoms with E-state index in [9.17, 15) is 0 Å². The lowest BCUT2D eigenvalue weighted by Crippen LogP contribution is -2.23. The first-order valence-corrected chi connectivity index (χ1v) is 6.48. The summed E-state index contributed by atoms with van der Waals surface area (Å²) >= 11 is 1.32. The van der Waals surface area contributed by atoms with Crippen molar-refractivity contribution in [2.45, 2.75) is 18.2 Å². The standard InChI is InChI=1S/C14H16N2S/c1-3-17-14-7-5-11(8-12(14)15)13-6-4-10(2)9-16-13/h1,5-8,10,16H,4,9,15H2,2H3/t10-/m0/s1. The first-order valence-electron chi connectivity index (χ1n) is 5.67. The average Bonchev–Trinajstić information content (AvgIpc) is 2.33. The number of nitrogens with one attached hydrogen (secondary N) is 1. The van der Waals surface area contributed by atoms with Gasteiger partial charge in [-0.15, -0.1) is 6.42 Å². The van der Waals surface area contributed by atoms with Gasteiger partial charge < -0.3 is 11.1 Å². The van der Waals surface area contributed by atoms with Crippen molar-refractivity contribution in [3.63, 3.8) is 0 Å². The molecule has 0 saturated carbocycles. The van der Waals surface area contributed by atoms with Crippen LogP contribution in [0.3, 0.4) is 0 Å². The number of hydrogen-bond donors (Lipinski definition) is 2. The fraction of sp³-hybridized carbons (Fsp3) is 0.286. The van der Waals surface area contributed by atoms with Crippen molar-refractivity contribution in [3.05, 3.63) is 29.8 Å². The highest BCUT2D eigenvalue weighted by molar-refractivity contribution is 8.04. The fourth-order valence-electron chi connectivity index (χ4n) is 1.85. The molecule has 0 saturated heterocycles. The summed E-state index contributed by atoms with van der Waals surface area (Å²) < 4.78 is 0. The van der Waals surface area contributed by atoms with Crippen molar-refractivity contribution in [3.8, 4) is 11.7 Å². The largest absolute Gasteiger partial charge is 0.398 e. The van der Waals surface area contributed by atoms with Gasteiger partial charge in [-0.25, -0.2) is 0 Å². The molecule has 1 aliphatic heterocycles. The van der Waals surface area contributed by atoms with Gasteiger partial charge >= 0.3 is 0 Å². The zero-order valence-corrected chi connectivity index (χ0v) is 10.7. The van der Waals surface area contributed by atoms with Crippen LogP contribution in [-0.4, -0.2) is 6.54 Å². The maximum Gasteiger partial charge on any atom is 0.0468 e. The minimum absolute atomic E-state index is 0.701. The normalized spacial score (nSPS) is 19.1. The number of anilines is 1. The Morgan fingerprint density at radius 1 is 1.53 bits per heavy atom. The number of nitrogens with two attached hydrogens (primary N) is 1. The molecule has 1 heterocycles. The highest BCUT2D eigenvalue weighted by Gasteiger charge is 2.11. The number of allylic oxidation sites excluding steroid dienone is 1. The Hall–Kier alpha value is -1.53. The van der Waals surface area contributed by atoms with Gasteiger partial charge in [0.15, 0.2) is 0 Å². The second-order valence-corrected chi connectivity index (χ2v) is 5.19. The van der Waals surface area contributed by atoms with Crippen LogP contribution in [0.2, 0.25) is 0 Å². The van der Waals surface area contributed by atoms with Crippen LogP contribution in [0.15, 0.2) is 29.2 Å². The van der Waals surface area contributed by atoms with E-state index in [1.54, 1.807) is 0 Å². The summed E-state index contributed by atoms with van der Waals surface area (Å²) in [5.41, 5.74) is 9.02. The number of terminal acetylenes is 1. The lowest BCUT2D eigenvalue weighted by atomic mass is 10.0. The van der Waals surface area contributed by atoms with Crippen LogP contribution in [0.1, 0.15) is 18.9 Å². The lowest BCUT2D eigenvalue weighted by Gasteiger charge is -2.21. The molecule has 0 aliphatic carbocycles. The third kappa shape index (κ3) is 2.78. The quantitative estimate of drug-likeness (QED) is 0.477. The molecule has 1 aromatic rings. The second kappa shape index (κ2) is 5.20. The van der Waals surface area contributed by atoms with Gasteiger partial charge in [0.1, 0.15) is 0 Å². The molecule has 0 bridgehead atoms. The zero-order chi connectivity index (χ0) is 12.3. The minimum Gasteiger partial charge on any atom is -0.398 e. The first-order chi connectivity index (χ1) is 8.20. The Morgan fingerprint density at radius 3 is 2.94 bits per heavy atom. The topological polar surface area (TPSA) is 38.0 Å². The van der Waals surface area contributed by atoms with Crippen LogP contribution >= 0.6 is 11.8 Å². The van der Waals surface area contributed by atoms with E-state index >= 15 is 0 Å². The van der Waals surface area contributed by atoms with Crippen LogP contribution in [-0.2, 0) is 0 Å². The molecule has 0 spiro atoms. The predicted molar refractivity (Wildman–Crippen MR) is 75.3 cm³/mol. The van der Waals surface area contributed by atoms with E-state index in [1.165, 1.54) is 17.5 Å². The minimum atomic E-state index is 0.701. The third-order valence-corrected chi connectivity index (χ3v) is 3.56. The SMILES string of the molecule is C#CSc1ccc(C2=CC[C@H](C)CN2)cc1N. The fourth-order valence-corrected chi connectivity index (χ4v) is 2.29. The van der Waals surface area contributed by atoms with E-state index in [2.05, 4.69) is 29.6 Å². The van der Waals surface area contributed by atoms with E-state index < -0.39 is 0 Å². The number of benzene rings is 1. The molecular formula is C14H16N2S. The van der Waals surface area contributed by atoms with Crippen LogP contribution < -0.4 is 11.1 Å². The Labute approximate surface area is 107 Å². The van der Waals surface area contributed by atoms with Gasteiger partial charge in [0, 0.05) is 22.8 Å².